The summed E-state index contributed by atoms with van der Waals surface area (Å²) >= 11 is 6.13. The van der Waals surface area contributed by atoms with Crippen LogP contribution in [-0.4, -0.2) is 35.0 Å². The number of hydrogen-bond acceptors (Lipinski definition) is 4. The number of anilines is 1. The van der Waals surface area contributed by atoms with Crippen LogP contribution in [-0.2, 0) is 13.0 Å². The molecule has 3 rings (SSSR count). The van der Waals surface area contributed by atoms with E-state index >= 15 is 0 Å². The fourth-order valence-corrected chi connectivity index (χ4v) is 3.53. The van der Waals surface area contributed by atoms with E-state index in [1.54, 1.807) is 30.1 Å². The molecule has 1 aromatic heterocycles. The lowest BCUT2D eigenvalue weighted by atomic mass is 10.1. The van der Waals surface area contributed by atoms with E-state index < -0.39 is 0 Å². The van der Waals surface area contributed by atoms with Gasteiger partial charge in [-0.25, -0.2) is 9.37 Å². The number of halogens is 2. The number of pyridine rings is 1. The summed E-state index contributed by atoms with van der Waals surface area (Å²) in [6.45, 7) is 6.82. The molecule has 0 bridgehead atoms. The molecule has 0 unspecified atom stereocenters. The van der Waals surface area contributed by atoms with Crippen molar-refractivity contribution >= 4 is 23.3 Å². The van der Waals surface area contributed by atoms with Crippen LogP contribution in [0.3, 0.4) is 0 Å². The van der Waals surface area contributed by atoms with Gasteiger partial charge in [0.2, 0.25) is 0 Å². The molecule has 0 atom stereocenters. The molecule has 174 valence electrons. The van der Waals surface area contributed by atoms with E-state index in [0.717, 1.165) is 16.9 Å². The van der Waals surface area contributed by atoms with Crippen molar-refractivity contribution in [3.05, 3.63) is 88.3 Å². The third kappa shape index (κ3) is 7.19. The molecule has 1 heterocycles. The van der Waals surface area contributed by atoms with Crippen LogP contribution < -0.4 is 10.1 Å². The predicted molar refractivity (Wildman–Crippen MR) is 130 cm³/mol. The summed E-state index contributed by atoms with van der Waals surface area (Å²) in [7, 11) is 1.71. The second-order valence-electron chi connectivity index (χ2n) is 8.76. The van der Waals surface area contributed by atoms with Crippen LogP contribution in [0.2, 0.25) is 5.02 Å². The minimum absolute atomic E-state index is 0.188. The Morgan fingerprint density at radius 3 is 2.33 bits per heavy atom. The van der Waals surface area contributed by atoms with Gasteiger partial charge in [-0.3, -0.25) is 4.79 Å². The van der Waals surface area contributed by atoms with Crippen molar-refractivity contribution in [1.29, 1.82) is 0 Å². The lowest BCUT2D eigenvalue weighted by molar-refractivity contribution is 0.0745. The molecular formula is C26H29ClFN3O2. The van der Waals surface area contributed by atoms with Crippen molar-refractivity contribution in [3.63, 3.8) is 0 Å². The molecule has 0 aliphatic carbocycles. The van der Waals surface area contributed by atoms with Gasteiger partial charge in [0.15, 0.2) is 0 Å². The second-order valence-corrected chi connectivity index (χ2v) is 9.20. The van der Waals surface area contributed by atoms with Crippen LogP contribution in [0.1, 0.15) is 42.3 Å². The zero-order valence-corrected chi connectivity index (χ0v) is 20.1. The van der Waals surface area contributed by atoms with Crippen LogP contribution in [0.25, 0.3) is 0 Å². The number of nitrogens with one attached hydrogen (secondary N) is 1. The van der Waals surface area contributed by atoms with E-state index in [4.69, 9.17) is 16.3 Å². The number of amides is 1. The standard InChI is InChI=1S/C26H29ClFN3O2/c1-26(2,3)33-22-11-7-19(8-12-22)17-31(14-13-18-5-9-21(28)10-6-18)25(32)23-15-20(27)16-30-24(23)29-4/h5-12,15-16H,13-14,17H2,1-4H3,(H,29,30). The number of carbonyl (C=O) groups excluding carboxylic acids is 1. The minimum Gasteiger partial charge on any atom is -0.488 e. The van der Waals surface area contributed by atoms with Gasteiger partial charge >= 0.3 is 0 Å². The first kappa shape index (κ1) is 24.5. The quantitative estimate of drug-likeness (QED) is 0.441. The lowest BCUT2D eigenvalue weighted by Crippen LogP contribution is -2.33. The van der Waals surface area contributed by atoms with Crippen LogP contribution >= 0.6 is 11.6 Å². The van der Waals surface area contributed by atoms with Gasteiger partial charge in [-0.15, -0.1) is 0 Å². The third-order valence-corrected chi connectivity index (χ3v) is 5.12. The summed E-state index contributed by atoms with van der Waals surface area (Å²) in [6.07, 6.45) is 2.08. The van der Waals surface area contributed by atoms with E-state index in [1.165, 1.54) is 18.3 Å². The fourth-order valence-electron chi connectivity index (χ4n) is 3.38. The Hall–Kier alpha value is -3.12. The van der Waals surface area contributed by atoms with Gasteiger partial charge < -0.3 is 15.0 Å². The molecule has 0 fully saturated rings. The van der Waals surface area contributed by atoms with E-state index in [2.05, 4.69) is 10.3 Å². The first-order valence-corrected chi connectivity index (χ1v) is 11.2. The highest BCUT2D eigenvalue weighted by Crippen LogP contribution is 2.23. The first-order chi connectivity index (χ1) is 15.6. The summed E-state index contributed by atoms with van der Waals surface area (Å²) in [6, 6.07) is 15.7. The third-order valence-electron chi connectivity index (χ3n) is 4.91. The van der Waals surface area contributed by atoms with Gasteiger partial charge in [0.1, 0.15) is 23.0 Å². The maximum Gasteiger partial charge on any atom is 0.257 e. The molecule has 33 heavy (non-hydrogen) atoms. The Kier molecular flexibility index (Phi) is 7.92. The number of ether oxygens (including phenoxy) is 1. The Morgan fingerprint density at radius 2 is 1.73 bits per heavy atom. The molecule has 5 nitrogen and oxygen atoms in total. The summed E-state index contributed by atoms with van der Waals surface area (Å²) in [5.74, 6) is 0.761. The highest BCUT2D eigenvalue weighted by atomic mass is 35.5. The highest BCUT2D eigenvalue weighted by Gasteiger charge is 2.21. The van der Waals surface area contributed by atoms with Crippen molar-refractivity contribution in [2.75, 3.05) is 18.9 Å². The number of aromatic nitrogens is 1. The fraction of sp³-hybridized carbons (Fsp3) is 0.308. The smallest absolute Gasteiger partial charge is 0.257 e. The summed E-state index contributed by atoms with van der Waals surface area (Å²) < 4.78 is 19.2. The average molecular weight is 470 g/mol. The van der Waals surface area contributed by atoms with Gasteiger partial charge in [0.25, 0.3) is 5.91 Å². The minimum atomic E-state index is -0.290. The number of hydrogen-bond donors (Lipinski definition) is 1. The van der Waals surface area contributed by atoms with Crippen molar-refractivity contribution in [2.24, 2.45) is 0 Å². The SMILES string of the molecule is CNc1ncc(Cl)cc1C(=O)N(CCc1ccc(F)cc1)Cc1ccc(OC(C)(C)C)cc1. The molecule has 3 aromatic rings. The maximum atomic E-state index is 13.5. The predicted octanol–water partition coefficient (Wildman–Crippen LogP) is 5.98. The molecule has 0 spiro atoms. The van der Waals surface area contributed by atoms with Crippen molar-refractivity contribution in [2.45, 2.75) is 39.3 Å². The Balaban J connectivity index is 1.84. The van der Waals surface area contributed by atoms with Crippen LogP contribution in [0.5, 0.6) is 5.75 Å². The van der Waals surface area contributed by atoms with Gasteiger partial charge in [0, 0.05) is 26.3 Å². The average Bonchev–Trinajstić information content (AvgIpc) is 2.77. The summed E-state index contributed by atoms with van der Waals surface area (Å²) in [5, 5.41) is 3.34. The number of rotatable bonds is 8. The molecule has 0 radical (unpaired) electrons. The van der Waals surface area contributed by atoms with E-state index in [9.17, 15) is 9.18 Å². The van der Waals surface area contributed by atoms with Crippen molar-refractivity contribution in [1.82, 2.24) is 9.88 Å². The molecule has 0 aliphatic heterocycles. The molecule has 0 aliphatic rings. The topological polar surface area (TPSA) is 54.5 Å². The van der Waals surface area contributed by atoms with Crippen molar-refractivity contribution in [3.8, 4) is 5.75 Å². The largest absolute Gasteiger partial charge is 0.488 e. The Labute approximate surface area is 199 Å². The molecule has 2 aromatic carbocycles. The number of nitrogens with zero attached hydrogens (tertiary/aromatic N) is 2. The van der Waals surface area contributed by atoms with Gasteiger partial charge in [-0.05, 0) is 68.7 Å². The van der Waals surface area contributed by atoms with Crippen LogP contribution in [0.15, 0.2) is 60.8 Å². The normalized spacial score (nSPS) is 11.2. The molecule has 0 saturated heterocycles. The highest BCUT2D eigenvalue weighted by molar-refractivity contribution is 6.31. The number of benzene rings is 2. The summed E-state index contributed by atoms with van der Waals surface area (Å²) in [4.78, 5) is 19.5. The molecule has 0 saturated carbocycles. The molecular weight excluding hydrogens is 441 g/mol. The van der Waals surface area contributed by atoms with Gasteiger partial charge in [0.05, 0.1) is 10.6 Å². The molecule has 7 heteroatoms. The molecule has 1 N–H and O–H groups in total. The maximum absolute atomic E-state index is 13.5. The second kappa shape index (κ2) is 10.7. The Morgan fingerprint density at radius 1 is 1.09 bits per heavy atom. The van der Waals surface area contributed by atoms with E-state index in [0.29, 0.717) is 35.9 Å². The lowest BCUT2D eigenvalue weighted by Gasteiger charge is -2.25. The van der Waals surface area contributed by atoms with E-state index in [1.807, 2.05) is 45.0 Å². The van der Waals surface area contributed by atoms with E-state index in [-0.39, 0.29) is 17.3 Å². The van der Waals surface area contributed by atoms with Gasteiger partial charge in [-0.1, -0.05) is 35.9 Å². The van der Waals surface area contributed by atoms with Gasteiger partial charge in [-0.2, -0.15) is 0 Å². The van der Waals surface area contributed by atoms with Crippen molar-refractivity contribution < 1.29 is 13.9 Å². The molecule has 1 amide bonds. The number of carbonyl (C=O) groups is 1. The zero-order chi connectivity index (χ0) is 24.0. The first-order valence-electron chi connectivity index (χ1n) is 10.8. The monoisotopic (exact) mass is 469 g/mol. The van der Waals surface area contributed by atoms with Crippen LogP contribution in [0.4, 0.5) is 10.2 Å². The zero-order valence-electron chi connectivity index (χ0n) is 19.4. The van der Waals surface area contributed by atoms with Crippen LogP contribution in [0, 0.1) is 5.82 Å². The summed E-state index contributed by atoms with van der Waals surface area (Å²) in [5.41, 5.74) is 2.02. The Bertz CT molecular complexity index is 1080.